The van der Waals surface area contributed by atoms with Gasteiger partial charge in [0.05, 0.1) is 6.10 Å². The van der Waals surface area contributed by atoms with Crippen LogP contribution in [0, 0.1) is 5.92 Å². The topological polar surface area (TPSA) is 47.6 Å². The molecular formula is C17H29NO3. The van der Waals surface area contributed by atoms with Gasteiger partial charge in [-0.1, -0.05) is 12.8 Å². The maximum atomic E-state index is 12.4. The van der Waals surface area contributed by atoms with Gasteiger partial charge in [0.2, 0.25) is 0 Å². The fourth-order valence-corrected chi connectivity index (χ4v) is 4.35. The molecule has 0 aromatic rings. The van der Waals surface area contributed by atoms with E-state index in [9.17, 15) is 4.79 Å². The number of methoxy groups -OCH3 is 1. The molecule has 1 heterocycles. The molecule has 3 rings (SSSR count). The molecule has 0 amide bonds. The van der Waals surface area contributed by atoms with Gasteiger partial charge in [0.1, 0.15) is 12.1 Å². The Morgan fingerprint density at radius 1 is 0.952 bits per heavy atom. The predicted octanol–water partition coefficient (Wildman–Crippen LogP) is 2.80. The van der Waals surface area contributed by atoms with Gasteiger partial charge < -0.3 is 14.8 Å². The van der Waals surface area contributed by atoms with E-state index >= 15 is 0 Å². The highest BCUT2D eigenvalue weighted by atomic mass is 16.5. The Labute approximate surface area is 127 Å². The number of carbonyl (C=O) groups is 1. The smallest absolute Gasteiger partial charge is 0.323 e. The Morgan fingerprint density at radius 2 is 1.76 bits per heavy atom. The van der Waals surface area contributed by atoms with Gasteiger partial charge in [-0.15, -0.1) is 0 Å². The van der Waals surface area contributed by atoms with E-state index in [1.807, 2.05) is 0 Å². The molecule has 3 fully saturated rings. The average Bonchev–Trinajstić information content (AvgIpc) is 2.54. The van der Waals surface area contributed by atoms with Crippen molar-refractivity contribution in [2.45, 2.75) is 88.5 Å². The molecule has 4 nitrogen and oxygen atoms in total. The zero-order valence-corrected chi connectivity index (χ0v) is 13.2. The van der Waals surface area contributed by atoms with E-state index < -0.39 is 0 Å². The summed E-state index contributed by atoms with van der Waals surface area (Å²) in [5.41, 5.74) is 0. The maximum Gasteiger partial charge on any atom is 0.323 e. The van der Waals surface area contributed by atoms with Crippen LogP contribution in [0.15, 0.2) is 0 Å². The van der Waals surface area contributed by atoms with Crippen LogP contribution >= 0.6 is 0 Å². The van der Waals surface area contributed by atoms with Crippen molar-refractivity contribution in [1.29, 1.82) is 0 Å². The Hall–Kier alpha value is -0.610. The third kappa shape index (κ3) is 3.78. The first kappa shape index (κ1) is 15.3. The molecule has 120 valence electrons. The van der Waals surface area contributed by atoms with Gasteiger partial charge in [-0.25, -0.2) is 0 Å². The van der Waals surface area contributed by atoms with Crippen molar-refractivity contribution < 1.29 is 14.3 Å². The summed E-state index contributed by atoms with van der Waals surface area (Å²) in [6.07, 6.45) is 11.7. The number of ether oxygens (including phenoxy) is 2. The van der Waals surface area contributed by atoms with Crippen molar-refractivity contribution in [1.82, 2.24) is 5.32 Å². The van der Waals surface area contributed by atoms with Crippen LogP contribution in [-0.4, -0.2) is 37.4 Å². The molecule has 21 heavy (non-hydrogen) atoms. The number of nitrogens with one attached hydrogen (secondary N) is 1. The summed E-state index contributed by atoms with van der Waals surface area (Å²) in [5.74, 6) is 0.760. The second kappa shape index (κ2) is 7.10. The number of piperidine rings is 1. The molecule has 0 aromatic carbocycles. The van der Waals surface area contributed by atoms with Crippen molar-refractivity contribution >= 4 is 5.97 Å². The third-order valence-corrected chi connectivity index (χ3v) is 5.63. The number of rotatable bonds is 3. The minimum atomic E-state index is -0.0766. The van der Waals surface area contributed by atoms with E-state index in [1.165, 1.54) is 32.1 Å². The van der Waals surface area contributed by atoms with Crippen molar-refractivity contribution in [3.63, 3.8) is 0 Å². The van der Waals surface area contributed by atoms with Crippen LogP contribution in [0.3, 0.4) is 0 Å². The molecule has 0 radical (unpaired) electrons. The summed E-state index contributed by atoms with van der Waals surface area (Å²) in [6.45, 7) is 0. The summed E-state index contributed by atoms with van der Waals surface area (Å²) < 4.78 is 11.2. The molecule has 1 saturated heterocycles. The largest absolute Gasteiger partial charge is 0.461 e. The first-order valence-corrected chi connectivity index (χ1v) is 8.75. The number of fused-ring (bicyclic) bond motifs is 1. The Morgan fingerprint density at radius 3 is 2.62 bits per heavy atom. The Kier molecular flexibility index (Phi) is 5.17. The maximum absolute atomic E-state index is 12.4. The lowest BCUT2D eigenvalue weighted by Gasteiger charge is -2.40. The van der Waals surface area contributed by atoms with Crippen molar-refractivity contribution in [3.05, 3.63) is 0 Å². The molecule has 0 aromatic heterocycles. The van der Waals surface area contributed by atoms with Crippen LogP contribution in [-0.2, 0) is 14.3 Å². The van der Waals surface area contributed by atoms with Crippen LogP contribution in [0.25, 0.3) is 0 Å². The van der Waals surface area contributed by atoms with Gasteiger partial charge >= 0.3 is 5.97 Å². The molecule has 1 N–H and O–H groups in total. The van der Waals surface area contributed by atoms with Gasteiger partial charge in [-0.3, -0.25) is 4.79 Å². The van der Waals surface area contributed by atoms with Crippen LogP contribution in [0.5, 0.6) is 0 Å². The minimum Gasteiger partial charge on any atom is -0.461 e. The first-order valence-electron chi connectivity index (χ1n) is 8.75. The van der Waals surface area contributed by atoms with Gasteiger partial charge in [-0.05, 0) is 50.9 Å². The van der Waals surface area contributed by atoms with Crippen LogP contribution in [0.2, 0.25) is 0 Å². The zero-order valence-electron chi connectivity index (χ0n) is 13.2. The van der Waals surface area contributed by atoms with Crippen LogP contribution in [0.4, 0.5) is 0 Å². The van der Waals surface area contributed by atoms with E-state index in [0.717, 1.165) is 38.0 Å². The van der Waals surface area contributed by atoms with Gasteiger partial charge in [0.15, 0.2) is 0 Å². The first-order chi connectivity index (χ1) is 10.3. The second-order valence-corrected chi connectivity index (χ2v) is 7.03. The Balaban J connectivity index is 1.49. The normalized spacial score (nSPS) is 40.3. The summed E-state index contributed by atoms with van der Waals surface area (Å²) in [5, 5.41) is 3.56. The lowest BCUT2D eigenvalue weighted by molar-refractivity contribution is -0.156. The van der Waals surface area contributed by atoms with Gasteiger partial charge in [-0.2, -0.15) is 0 Å². The highest BCUT2D eigenvalue weighted by molar-refractivity contribution is 5.76. The third-order valence-electron chi connectivity index (χ3n) is 5.63. The number of esters is 1. The zero-order chi connectivity index (χ0) is 14.7. The monoisotopic (exact) mass is 295 g/mol. The molecule has 0 spiro atoms. The summed E-state index contributed by atoms with van der Waals surface area (Å²) in [4.78, 5) is 12.4. The second-order valence-electron chi connectivity index (χ2n) is 7.03. The summed E-state index contributed by atoms with van der Waals surface area (Å²) >= 11 is 0. The number of hydrogen-bond donors (Lipinski definition) is 1. The highest BCUT2D eigenvalue weighted by Crippen LogP contribution is 2.33. The summed E-state index contributed by atoms with van der Waals surface area (Å²) in [6, 6.07) is 0.468. The van der Waals surface area contributed by atoms with Crippen molar-refractivity contribution in [3.8, 4) is 0 Å². The van der Waals surface area contributed by atoms with Crippen LogP contribution < -0.4 is 5.32 Å². The molecule has 2 aliphatic carbocycles. The lowest BCUT2D eigenvalue weighted by atomic mass is 9.78. The molecule has 5 unspecified atom stereocenters. The Bertz CT molecular complexity index is 360. The van der Waals surface area contributed by atoms with Gasteiger partial charge in [0.25, 0.3) is 0 Å². The molecule has 2 saturated carbocycles. The number of hydrogen-bond acceptors (Lipinski definition) is 4. The van der Waals surface area contributed by atoms with Crippen molar-refractivity contribution in [2.75, 3.05) is 7.11 Å². The standard InChI is InChI=1S/C17H29NO3/c1-20-13-6-4-7-14(11-13)21-17(19)16-10-9-12-5-2-3-8-15(12)18-16/h12-16,18H,2-11H2,1H3. The van der Waals surface area contributed by atoms with Crippen molar-refractivity contribution in [2.24, 2.45) is 5.92 Å². The van der Waals surface area contributed by atoms with E-state index in [-0.39, 0.29) is 24.2 Å². The SMILES string of the molecule is COC1CCCC(OC(=O)C2CCC3CCCCC3N2)C1. The minimum absolute atomic E-state index is 0.0271. The lowest BCUT2D eigenvalue weighted by Crippen LogP contribution is -2.53. The molecule has 0 bridgehead atoms. The number of carbonyl (C=O) groups excluding carboxylic acids is 1. The van der Waals surface area contributed by atoms with Gasteiger partial charge in [0, 0.05) is 19.6 Å². The average molecular weight is 295 g/mol. The fourth-order valence-electron chi connectivity index (χ4n) is 4.35. The van der Waals surface area contributed by atoms with E-state index in [0.29, 0.717) is 6.04 Å². The molecule has 4 heteroatoms. The predicted molar refractivity (Wildman–Crippen MR) is 81.0 cm³/mol. The molecule has 3 aliphatic rings. The van der Waals surface area contributed by atoms with E-state index in [2.05, 4.69) is 5.32 Å². The molecular weight excluding hydrogens is 266 g/mol. The molecule has 1 aliphatic heterocycles. The quantitative estimate of drug-likeness (QED) is 0.813. The van der Waals surface area contributed by atoms with Crippen LogP contribution in [0.1, 0.15) is 64.2 Å². The van der Waals surface area contributed by atoms with E-state index in [1.54, 1.807) is 7.11 Å². The fraction of sp³-hybridized carbons (Fsp3) is 0.941. The molecule has 5 atom stereocenters. The summed E-state index contributed by atoms with van der Waals surface area (Å²) in [7, 11) is 1.75. The highest BCUT2D eigenvalue weighted by Gasteiger charge is 2.36. The van der Waals surface area contributed by atoms with E-state index in [4.69, 9.17) is 9.47 Å².